The standard InChI is InChI=1S/C15H20FN3S/c1-5-17-9-12-13(15(2,3)4)19-14(20-12)10-6-7-18-8-11(10)16/h6-8,17H,5,9H2,1-4H3. The summed E-state index contributed by atoms with van der Waals surface area (Å²) < 4.78 is 13.9. The average molecular weight is 293 g/mol. The molecule has 3 nitrogen and oxygen atoms in total. The maximum absolute atomic E-state index is 13.9. The van der Waals surface area contributed by atoms with E-state index >= 15 is 0 Å². The van der Waals surface area contributed by atoms with Crippen LogP contribution in [0.25, 0.3) is 10.6 Å². The molecule has 2 rings (SSSR count). The summed E-state index contributed by atoms with van der Waals surface area (Å²) in [5.74, 6) is -0.322. The van der Waals surface area contributed by atoms with Crippen molar-refractivity contribution in [2.75, 3.05) is 6.54 Å². The molecule has 1 N–H and O–H groups in total. The molecule has 0 radical (unpaired) electrons. The smallest absolute Gasteiger partial charge is 0.151 e. The van der Waals surface area contributed by atoms with Gasteiger partial charge in [0, 0.05) is 28.6 Å². The third-order valence-corrected chi connectivity index (χ3v) is 4.03. The first-order valence-electron chi connectivity index (χ1n) is 6.74. The number of hydrogen-bond acceptors (Lipinski definition) is 4. The van der Waals surface area contributed by atoms with Crippen LogP contribution in [-0.4, -0.2) is 16.5 Å². The lowest BCUT2D eigenvalue weighted by atomic mass is 9.91. The molecule has 2 aromatic heterocycles. The van der Waals surface area contributed by atoms with E-state index in [-0.39, 0.29) is 11.2 Å². The number of aromatic nitrogens is 2. The maximum atomic E-state index is 13.9. The first-order valence-corrected chi connectivity index (χ1v) is 7.56. The number of nitrogens with zero attached hydrogens (tertiary/aromatic N) is 2. The van der Waals surface area contributed by atoms with Crippen LogP contribution < -0.4 is 5.32 Å². The zero-order valence-corrected chi connectivity index (χ0v) is 13.1. The molecule has 0 amide bonds. The van der Waals surface area contributed by atoms with Crippen molar-refractivity contribution in [1.29, 1.82) is 0 Å². The molecule has 20 heavy (non-hydrogen) atoms. The average Bonchev–Trinajstić information content (AvgIpc) is 2.80. The lowest BCUT2D eigenvalue weighted by Gasteiger charge is -2.17. The summed E-state index contributed by atoms with van der Waals surface area (Å²) >= 11 is 1.55. The SMILES string of the molecule is CCNCc1sc(-c2ccncc2F)nc1C(C)(C)C. The lowest BCUT2D eigenvalue weighted by Crippen LogP contribution is -2.18. The second-order valence-electron chi connectivity index (χ2n) is 5.68. The molecule has 0 bridgehead atoms. The molecular weight excluding hydrogens is 273 g/mol. The van der Waals surface area contributed by atoms with Gasteiger partial charge in [0.05, 0.1) is 11.9 Å². The summed E-state index contributed by atoms with van der Waals surface area (Å²) in [5, 5.41) is 4.05. The summed E-state index contributed by atoms with van der Waals surface area (Å²) in [6, 6.07) is 1.68. The van der Waals surface area contributed by atoms with Crippen molar-refractivity contribution in [1.82, 2.24) is 15.3 Å². The lowest BCUT2D eigenvalue weighted by molar-refractivity contribution is 0.561. The van der Waals surface area contributed by atoms with Gasteiger partial charge >= 0.3 is 0 Å². The highest BCUT2D eigenvalue weighted by molar-refractivity contribution is 7.15. The van der Waals surface area contributed by atoms with E-state index in [9.17, 15) is 4.39 Å². The van der Waals surface area contributed by atoms with Crippen LogP contribution in [-0.2, 0) is 12.0 Å². The van der Waals surface area contributed by atoms with Crippen molar-refractivity contribution in [3.63, 3.8) is 0 Å². The van der Waals surface area contributed by atoms with Gasteiger partial charge in [-0.05, 0) is 12.6 Å². The van der Waals surface area contributed by atoms with E-state index in [1.54, 1.807) is 23.6 Å². The van der Waals surface area contributed by atoms with Crippen LogP contribution in [0.15, 0.2) is 18.5 Å². The highest BCUT2D eigenvalue weighted by atomic mass is 32.1. The Bertz CT molecular complexity index is 587. The van der Waals surface area contributed by atoms with Crippen molar-refractivity contribution in [2.45, 2.75) is 39.7 Å². The summed E-state index contributed by atoms with van der Waals surface area (Å²) in [7, 11) is 0. The largest absolute Gasteiger partial charge is 0.312 e. The van der Waals surface area contributed by atoms with Crippen LogP contribution >= 0.6 is 11.3 Å². The van der Waals surface area contributed by atoms with Crippen molar-refractivity contribution in [3.8, 4) is 10.6 Å². The number of hydrogen-bond donors (Lipinski definition) is 1. The predicted octanol–water partition coefficient (Wildman–Crippen LogP) is 3.75. The molecule has 0 aliphatic heterocycles. The molecule has 0 saturated heterocycles. The van der Waals surface area contributed by atoms with Gasteiger partial charge in [0.1, 0.15) is 5.01 Å². The first-order chi connectivity index (χ1) is 9.43. The molecule has 0 spiro atoms. The summed E-state index contributed by atoms with van der Waals surface area (Å²) in [6.07, 6.45) is 2.83. The predicted molar refractivity (Wildman–Crippen MR) is 81.4 cm³/mol. The fourth-order valence-corrected chi connectivity index (χ4v) is 3.23. The van der Waals surface area contributed by atoms with Crippen LogP contribution in [0.5, 0.6) is 0 Å². The van der Waals surface area contributed by atoms with E-state index in [0.717, 1.165) is 23.8 Å². The number of thiazole rings is 1. The number of nitrogens with one attached hydrogen (secondary N) is 1. The zero-order valence-electron chi connectivity index (χ0n) is 12.3. The van der Waals surface area contributed by atoms with Crippen LogP contribution in [0.4, 0.5) is 4.39 Å². The minimum absolute atomic E-state index is 0.0526. The summed E-state index contributed by atoms with van der Waals surface area (Å²) in [6.45, 7) is 10.1. The zero-order chi connectivity index (χ0) is 14.8. The summed E-state index contributed by atoms with van der Waals surface area (Å²) in [5.41, 5.74) is 1.51. The number of halogens is 1. The molecule has 0 aliphatic rings. The van der Waals surface area contributed by atoms with Gasteiger partial charge in [-0.3, -0.25) is 4.98 Å². The molecule has 0 atom stereocenters. The molecule has 0 saturated carbocycles. The van der Waals surface area contributed by atoms with Crippen LogP contribution in [0.3, 0.4) is 0 Å². The van der Waals surface area contributed by atoms with Crippen molar-refractivity contribution >= 4 is 11.3 Å². The molecule has 0 fully saturated rings. The van der Waals surface area contributed by atoms with E-state index in [1.165, 1.54) is 11.1 Å². The molecule has 2 aromatic rings. The van der Waals surface area contributed by atoms with E-state index in [1.807, 2.05) is 0 Å². The quantitative estimate of drug-likeness (QED) is 0.933. The second-order valence-corrected chi connectivity index (χ2v) is 6.76. The Morgan fingerprint density at radius 2 is 2.10 bits per heavy atom. The van der Waals surface area contributed by atoms with E-state index in [4.69, 9.17) is 0 Å². The third kappa shape index (κ3) is 3.22. The van der Waals surface area contributed by atoms with Gasteiger partial charge in [0.15, 0.2) is 5.82 Å². The molecular formula is C15H20FN3S. The molecule has 0 unspecified atom stereocenters. The molecule has 0 aromatic carbocycles. The van der Waals surface area contributed by atoms with E-state index < -0.39 is 0 Å². The second kappa shape index (κ2) is 5.97. The minimum atomic E-state index is -0.322. The Morgan fingerprint density at radius 1 is 1.35 bits per heavy atom. The Hall–Kier alpha value is -1.33. The van der Waals surface area contributed by atoms with E-state index in [2.05, 4.69) is 43.0 Å². The maximum Gasteiger partial charge on any atom is 0.151 e. The fraction of sp³-hybridized carbons (Fsp3) is 0.467. The van der Waals surface area contributed by atoms with Gasteiger partial charge in [-0.2, -0.15) is 0 Å². The normalized spacial score (nSPS) is 11.8. The van der Waals surface area contributed by atoms with Crippen molar-refractivity contribution < 1.29 is 4.39 Å². The van der Waals surface area contributed by atoms with Gasteiger partial charge in [-0.25, -0.2) is 9.37 Å². The summed E-state index contributed by atoms with van der Waals surface area (Å²) in [4.78, 5) is 9.64. The molecule has 2 heterocycles. The Morgan fingerprint density at radius 3 is 2.70 bits per heavy atom. The van der Waals surface area contributed by atoms with Crippen LogP contribution in [0.1, 0.15) is 38.3 Å². The number of pyridine rings is 1. The Balaban J connectivity index is 2.46. The van der Waals surface area contributed by atoms with Crippen LogP contribution in [0.2, 0.25) is 0 Å². The number of rotatable bonds is 4. The minimum Gasteiger partial charge on any atom is -0.312 e. The van der Waals surface area contributed by atoms with Crippen LogP contribution in [0, 0.1) is 5.82 Å². The monoisotopic (exact) mass is 293 g/mol. The van der Waals surface area contributed by atoms with Gasteiger partial charge in [-0.15, -0.1) is 11.3 Å². The third-order valence-electron chi connectivity index (χ3n) is 2.95. The van der Waals surface area contributed by atoms with Crippen molar-refractivity contribution in [2.24, 2.45) is 0 Å². The highest BCUT2D eigenvalue weighted by Crippen LogP contribution is 2.35. The van der Waals surface area contributed by atoms with Gasteiger partial charge in [0.2, 0.25) is 0 Å². The molecule has 108 valence electrons. The van der Waals surface area contributed by atoms with Crippen molar-refractivity contribution in [3.05, 3.63) is 34.8 Å². The van der Waals surface area contributed by atoms with E-state index in [0.29, 0.717) is 5.56 Å². The molecule has 0 aliphatic carbocycles. The Kier molecular flexibility index (Phi) is 4.50. The Labute approximate surface area is 123 Å². The van der Waals surface area contributed by atoms with Gasteiger partial charge < -0.3 is 5.32 Å². The fourth-order valence-electron chi connectivity index (χ4n) is 1.96. The molecule has 5 heteroatoms. The van der Waals surface area contributed by atoms with Gasteiger partial charge in [-0.1, -0.05) is 27.7 Å². The van der Waals surface area contributed by atoms with Gasteiger partial charge in [0.25, 0.3) is 0 Å². The topological polar surface area (TPSA) is 37.8 Å². The first kappa shape index (κ1) is 15.1. The highest BCUT2D eigenvalue weighted by Gasteiger charge is 2.24.